The van der Waals surface area contributed by atoms with Gasteiger partial charge in [0.25, 0.3) is 5.91 Å². The summed E-state index contributed by atoms with van der Waals surface area (Å²) in [4.78, 5) is 33.4. The maximum atomic E-state index is 13.1. The Morgan fingerprint density at radius 2 is 1.90 bits per heavy atom. The molecule has 1 aliphatic heterocycles. The summed E-state index contributed by atoms with van der Waals surface area (Å²) in [6, 6.07) is 14.1. The van der Waals surface area contributed by atoms with E-state index >= 15 is 0 Å². The molecule has 0 aliphatic carbocycles. The van der Waals surface area contributed by atoms with E-state index in [9.17, 15) is 9.59 Å². The second kappa shape index (κ2) is 7.44. The third-order valence-electron chi connectivity index (χ3n) is 5.11. The largest absolute Gasteiger partial charge is 0.479 e. The molecule has 29 heavy (non-hydrogen) atoms. The summed E-state index contributed by atoms with van der Waals surface area (Å²) in [5.74, 6) is 0.265. The lowest BCUT2D eigenvalue weighted by Gasteiger charge is -2.36. The summed E-state index contributed by atoms with van der Waals surface area (Å²) >= 11 is 1.63. The molecular formula is C23H22N2O3S. The monoisotopic (exact) mass is 406 g/mol. The Morgan fingerprint density at radius 3 is 2.55 bits per heavy atom. The molecule has 6 heteroatoms. The van der Waals surface area contributed by atoms with E-state index in [-0.39, 0.29) is 11.7 Å². The van der Waals surface area contributed by atoms with Crippen molar-refractivity contribution >= 4 is 28.7 Å². The van der Waals surface area contributed by atoms with Crippen LogP contribution < -0.4 is 9.64 Å². The Kier molecular flexibility index (Phi) is 4.96. The number of fused-ring (bicyclic) bond motifs is 1. The second-order valence-corrected chi connectivity index (χ2v) is 8.60. The third kappa shape index (κ3) is 3.44. The van der Waals surface area contributed by atoms with Crippen molar-refractivity contribution in [3.05, 3.63) is 64.0 Å². The minimum atomic E-state index is -0.650. The van der Waals surface area contributed by atoms with Crippen LogP contribution in [0.2, 0.25) is 0 Å². The number of amides is 1. The minimum absolute atomic E-state index is 0.106. The van der Waals surface area contributed by atoms with Crippen molar-refractivity contribution in [1.29, 1.82) is 0 Å². The van der Waals surface area contributed by atoms with Gasteiger partial charge in [-0.25, -0.2) is 4.98 Å². The predicted molar refractivity (Wildman–Crippen MR) is 115 cm³/mol. The number of carbonyl (C=O) groups excluding carboxylic acids is 2. The van der Waals surface area contributed by atoms with Gasteiger partial charge in [-0.1, -0.05) is 30.3 Å². The van der Waals surface area contributed by atoms with Gasteiger partial charge in [0.2, 0.25) is 0 Å². The van der Waals surface area contributed by atoms with Crippen molar-refractivity contribution in [2.75, 3.05) is 4.90 Å². The van der Waals surface area contributed by atoms with Crippen molar-refractivity contribution in [2.24, 2.45) is 0 Å². The number of anilines is 1. The van der Waals surface area contributed by atoms with Crippen LogP contribution in [0.4, 0.5) is 5.69 Å². The molecular weight excluding hydrogens is 384 g/mol. The molecule has 2 unspecified atom stereocenters. The number of ether oxygens (including phenoxy) is 1. The smallest absolute Gasteiger partial charge is 0.268 e. The van der Waals surface area contributed by atoms with Crippen molar-refractivity contribution in [2.45, 2.75) is 39.8 Å². The Balaban J connectivity index is 1.79. The van der Waals surface area contributed by atoms with Gasteiger partial charge in [-0.05, 0) is 45.9 Å². The van der Waals surface area contributed by atoms with E-state index < -0.39 is 12.1 Å². The molecule has 1 aliphatic rings. The van der Waals surface area contributed by atoms with Crippen molar-refractivity contribution in [3.63, 3.8) is 0 Å². The Labute approximate surface area is 174 Å². The molecule has 2 aromatic carbocycles. The maximum Gasteiger partial charge on any atom is 0.268 e. The fourth-order valence-electron chi connectivity index (χ4n) is 3.67. The summed E-state index contributed by atoms with van der Waals surface area (Å²) in [5, 5.41) is 0.987. The molecule has 4 rings (SSSR count). The van der Waals surface area contributed by atoms with E-state index in [4.69, 9.17) is 4.74 Å². The summed E-state index contributed by atoms with van der Waals surface area (Å²) < 4.78 is 5.82. The van der Waals surface area contributed by atoms with E-state index in [0.717, 1.165) is 21.1 Å². The number of ketones is 1. The first kappa shape index (κ1) is 19.3. The topological polar surface area (TPSA) is 59.5 Å². The van der Waals surface area contributed by atoms with Gasteiger partial charge in [-0.2, -0.15) is 0 Å². The highest BCUT2D eigenvalue weighted by Crippen LogP contribution is 2.40. The van der Waals surface area contributed by atoms with Crippen LogP contribution >= 0.6 is 11.3 Å². The van der Waals surface area contributed by atoms with Gasteiger partial charge in [0.15, 0.2) is 11.9 Å². The molecule has 0 saturated carbocycles. The number of thiazole rings is 1. The SMILES string of the molecule is Cc1nc(-c2ccc3c(c2)N(C(C)C(=O)c2ccccc2)C(=O)C(C)O3)c(C)s1. The molecule has 0 bridgehead atoms. The van der Waals surface area contributed by atoms with E-state index in [2.05, 4.69) is 4.98 Å². The summed E-state index contributed by atoms with van der Waals surface area (Å²) in [6.45, 7) is 7.48. The molecule has 0 saturated heterocycles. The van der Waals surface area contributed by atoms with Crippen molar-refractivity contribution in [3.8, 4) is 17.0 Å². The number of aromatic nitrogens is 1. The number of hydrogen-bond donors (Lipinski definition) is 0. The zero-order chi connectivity index (χ0) is 20.7. The molecule has 2 atom stereocenters. The highest BCUT2D eigenvalue weighted by molar-refractivity contribution is 7.11. The van der Waals surface area contributed by atoms with Crippen LogP contribution in [0.1, 0.15) is 34.1 Å². The highest BCUT2D eigenvalue weighted by atomic mass is 32.1. The molecule has 3 aromatic rings. The van der Waals surface area contributed by atoms with Crippen molar-refractivity contribution < 1.29 is 14.3 Å². The Morgan fingerprint density at radius 1 is 1.17 bits per heavy atom. The molecule has 1 aromatic heterocycles. The zero-order valence-electron chi connectivity index (χ0n) is 16.8. The number of aryl methyl sites for hydroxylation is 2. The summed E-state index contributed by atoms with van der Waals surface area (Å²) in [5.41, 5.74) is 2.98. The van der Waals surface area contributed by atoms with E-state index in [1.165, 1.54) is 0 Å². The first-order valence-electron chi connectivity index (χ1n) is 9.54. The molecule has 0 fully saturated rings. The van der Waals surface area contributed by atoms with E-state index in [0.29, 0.717) is 17.0 Å². The molecule has 148 valence electrons. The molecule has 1 amide bonds. The molecule has 0 radical (unpaired) electrons. The number of Topliss-reactive ketones (excluding diaryl/α,β-unsaturated/α-hetero) is 1. The number of nitrogens with zero attached hydrogens (tertiary/aromatic N) is 2. The van der Waals surface area contributed by atoms with Crippen LogP contribution in [0.3, 0.4) is 0 Å². The quantitative estimate of drug-likeness (QED) is 0.583. The first-order valence-corrected chi connectivity index (χ1v) is 10.4. The highest BCUT2D eigenvalue weighted by Gasteiger charge is 2.37. The number of rotatable bonds is 4. The molecule has 0 spiro atoms. The number of carbonyl (C=O) groups is 2. The second-order valence-electron chi connectivity index (χ2n) is 7.19. The minimum Gasteiger partial charge on any atom is -0.479 e. The first-order chi connectivity index (χ1) is 13.9. The fraction of sp³-hybridized carbons (Fsp3) is 0.261. The maximum absolute atomic E-state index is 13.1. The lowest BCUT2D eigenvalue weighted by molar-refractivity contribution is -0.125. The average molecular weight is 407 g/mol. The predicted octanol–water partition coefficient (Wildman–Crippen LogP) is 4.81. The van der Waals surface area contributed by atoms with Gasteiger partial charge in [0, 0.05) is 16.0 Å². The van der Waals surface area contributed by atoms with Crippen LogP contribution in [0.15, 0.2) is 48.5 Å². The molecule has 5 nitrogen and oxygen atoms in total. The summed E-state index contributed by atoms with van der Waals surface area (Å²) in [6.07, 6.45) is -0.650. The Hall–Kier alpha value is -2.99. The van der Waals surface area contributed by atoms with E-state index in [1.807, 2.05) is 50.2 Å². The normalized spacial score (nSPS) is 16.9. The van der Waals surface area contributed by atoms with Gasteiger partial charge in [-0.3, -0.25) is 14.5 Å². The molecule has 0 N–H and O–H groups in total. The summed E-state index contributed by atoms with van der Waals surface area (Å²) in [7, 11) is 0. The number of benzene rings is 2. The van der Waals surface area contributed by atoms with Crippen LogP contribution in [0, 0.1) is 13.8 Å². The van der Waals surface area contributed by atoms with E-state index in [1.54, 1.807) is 42.2 Å². The van der Waals surface area contributed by atoms with Crippen LogP contribution in [-0.4, -0.2) is 28.8 Å². The van der Waals surface area contributed by atoms with Crippen LogP contribution in [0.25, 0.3) is 11.3 Å². The average Bonchev–Trinajstić information content (AvgIpc) is 3.06. The van der Waals surface area contributed by atoms with Gasteiger partial charge in [0.05, 0.1) is 22.4 Å². The third-order valence-corrected chi connectivity index (χ3v) is 6.00. The van der Waals surface area contributed by atoms with Gasteiger partial charge in [0.1, 0.15) is 5.75 Å². The van der Waals surface area contributed by atoms with Crippen LogP contribution in [0.5, 0.6) is 5.75 Å². The van der Waals surface area contributed by atoms with Gasteiger partial charge >= 0.3 is 0 Å². The van der Waals surface area contributed by atoms with Gasteiger partial charge < -0.3 is 4.74 Å². The lowest BCUT2D eigenvalue weighted by atomic mass is 10.0. The fourth-order valence-corrected chi connectivity index (χ4v) is 4.51. The standard InChI is InChI=1S/C23H22N2O3S/c1-13(22(26)17-8-6-5-7-9-17)25-19-12-18(21-15(3)29-16(4)24-21)10-11-20(19)28-14(2)23(25)27/h5-14H,1-4H3. The Bertz CT molecular complexity index is 1090. The van der Waals surface area contributed by atoms with Crippen molar-refractivity contribution in [1.82, 2.24) is 4.98 Å². The lowest BCUT2D eigenvalue weighted by Crippen LogP contribution is -2.51. The molecule has 2 heterocycles. The van der Waals surface area contributed by atoms with Crippen LogP contribution in [-0.2, 0) is 4.79 Å². The zero-order valence-corrected chi connectivity index (χ0v) is 17.6. The number of hydrogen-bond acceptors (Lipinski definition) is 5. The van der Waals surface area contributed by atoms with Gasteiger partial charge in [-0.15, -0.1) is 11.3 Å².